The lowest BCUT2D eigenvalue weighted by Crippen LogP contribution is -2.09. The molecular formula is C11H14N4O. The Morgan fingerprint density at radius 1 is 1.31 bits per heavy atom. The monoisotopic (exact) mass is 218 g/mol. The second-order valence-electron chi connectivity index (χ2n) is 4.27. The fourth-order valence-corrected chi connectivity index (χ4v) is 2.22. The Hall–Kier alpha value is -1.65. The van der Waals surface area contributed by atoms with Crippen LogP contribution in [-0.2, 0) is 19.4 Å². The van der Waals surface area contributed by atoms with Gasteiger partial charge in [-0.3, -0.25) is 0 Å². The van der Waals surface area contributed by atoms with E-state index in [0.717, 1.165) is 30.8 Å². The van der Waals surface area contributed by atoms with Gasteiger partial charge in [-0.2, -0.15) is 0 Å². The SMILES string of the molecule is Cc1nonc1Cn1cnc2c1CCCC2. The number of hydrogen-bond acceptors (Lipinski definition) is 4. The minimum absolute atomic E-state index is 0.720. The van der Waals surface area contributed by atoms with E-state index in [2.05, 4.69) is 19.9 Å². The molecule has 5 nitrogen and oxygen atoms in total. The predicted molar refractivity (Wildman–Crippen MR) is 57.0 cm³/mol. The minimum atomic E-state index is 0.720. The van der Waals surface area contributed by atoms with Gasteiger partial charge in [0.25, 0.3) is 0 Å². The van der Waals surface area contributed by atoms with Gasteiger partial charge in [0, 0.05) is 5.69 Å². The van der Waals surface area contributed by atoms with E-state index in [9.17, 15) is 0 Å². The molecule has 2 heterocycles. The second kappa shape index (κ2) is 3.73. The normalized spacial score (nSPS) is 15.1. The van der Waals surface area contributed by atoms with Crippen LogP contribution in [0.5, 0.6) is 0 Å². The van der Waals surface area contributed by atoms with Crippen molar-refractivity contribution in [3.05, 3.63) is 29.1 Å². The van der Waals surface area contributed by atoms with Crippen LogP contribution in [0, 0.1) is 6.92 Å². The van der Waals surface area contributed by atoms with Gasteiger partial charge in [-0.25, -0.2) is 9.61 Å². The van der Waals surface area contributed by atoms with Crippen LogP contribution in [0.25, 0.3) is 0 Å². The van der Waals surface area contributed by atoms with Crippen LogP contribution in [0.3, 0.4) is 0 Å². The first-order chi connectivity index (χ1) is 7.84. The first-order valence-corrected chi connectivity index (χ1v) is 5.65. The number of aromatic nitrogens is 4. The quantitative estimate of drug-likeness (QED) is 0.766. The predicted octanol–water partition coefficient (Wildman–Crippen LogP) is 1.50. The number of fused-ring (bicyclic) bond motifs is 1. The van der Waals surface area contributed by atoms with Crippen LogP contribution in [0.1, 0.15) is 35.6 Å². The van der Waals surface area contributed by atoms with Gasteiger partial charge in [-0.1, -0.05) is 10.3 Å². The van der Waals surface area contributed by atoms with Crippen molar-refractivity contribution in [2.24, 2.45) is 0 Å². The van der Waals surface area contributed by atoms with Crippen LogP contribution < -0.4 is 0 Å². The minimum Gasteiger partial charge on any atom is -0.328 e. The van der Waals surface area contributed by atoms with E-state index in [1.54, 1.807) is 0 Å². The van der Waals surface area contributed by atoms with Crippen LogP contribution >= 0.6 is 0 Å². The van der Waals surface area contributed by atoms with Crippen LogP contribution in [0.4, 0.5) is 0 Å². The molecule has 0 unspecified atom stereocenters. The fourth-order valence-electron chi connectivity index (χ4n) is 2.22. The average molecular weight is 218 g/mol. The molecule has 0 saturated heterocycles. The largest absolute Gasteiger partial charge is 0.328 e. The third-order valence-corrected chi connectivity index (χ3v) is 3.18. The summed E-state index contributed by atoms with van der Waals surface area (Å²) in [6.07, 6.45) is 6.66. The van der Waals surface area contributed by atoms with Crippen molar-refractivity contribution in [2.45, 2.75) is 39.2 Å². The van der Waals surface area contributed by atoms with Crippen LogP contribution in [-0.4, -0.2) is 19.9 Å². The van der Waals surface area contributed by atoms with Crippen molar-refractivity contribution in [1.29, 1.82) is 0 Å². The summed E-state index contributed by atoms with van der Waals surface area (Å²) in [4.78, 5) is 4.45. The second-order valence-corrected chi connectivity index (χ2v) is 4.27. The molecule has 1 aliphatic rings. The smallest absolute Gasteiger partial charge is 0.127 e. The molecule has 0 amide bonds. The topological polar surface area (TPSA) is 56.7 Å². The first kappa shape index (κ1) is 9.57. The summed E-state index contributed by atoms with van der Waals surface area (Å²) in [6, 6.07) is 0. The average Bonchev–Trinajstić information content (AvgIpc) is 2.88. The molecule has 1 aliphatic carbocycles. The lowest BCUT2D eigenvalue weighted by atomic mass is 10.0. The highest BCUT2D eigenvalue weighted by atomic mass is 16.6. The van der Waals surface area contributed by atoms with Gasteiger partial charge in [0.15, 0.2) is 0 Å². The molecule has 0 atom stereocenters. The zero-order valence-electron chi connectivity index (χ0n) is 9.31. The van der Waals surface area contributed by atoms with Crippen molar-refractivity contribution in [1.82, 2.24) is 19.9 Å². The Morgan fingerprint density at radius 2 is 2.19 bits per heavy atom. The van der Waals surface area contributed by atoms with Crippen molar-refractivity contribution < 1.29 is 4.63 Å². The third kappa shape index (κ3) is 1.52. The maximum atomic E-state index is 4.70. The Kier molecular flexibility index (Phi) is 2.23. The van der Waals surface area contributed by atoms with E-state index in [0.29, 0.717) is 0 Å². The summed E-state index contributed by atoms with van der Waals surface area (Å²) in [5.74, 6) is 0. The molecule has 5 heteroatoms. The van der Waals surface area contributed by atoms with Crippen molar-refractivity contribution in [3.8, 4) is 0 Å². The first-order valence-electron chi connectivity index (χ1n) is 5.65. The van der Waals surface area contributed by atoms with Gasteiger partial charge < -0.3 is 4.57 Å². The maximum absolute atomic E-state index is 4.70. The van der Waals surface area contributed by atoms with E-state index in [-0.39, 0.29) is 0 Å². The molecule has 0 spiro atoms. The summed E-state index contributed by atoms with van der Waals surface area (Å²) in [7, 11) is 0. The van der Waals surface area contributed by atoms with Gasteiger partial charge in [0.05, 0.1) is 18.6 Å². The van der Waals surface area contributed by atoms with E-state index in [4.69, 9.17) is 4.63 Å². The summed E-state index contributed by atoms with van der Waals surface area (Å²) < 4.78 is 6.87. The molecule has 0 aliphatic heterocycles. The number of nitrogens with zero attached hydrogens (tertiary/aromatic N) is 4. The van der Waals surface area contributed by atoms with Crippen molar-refractivity contribution in [2.75, 3.05) is 0 Å². The molecule has 0 saturated carbocycles. The lowest BCUT2D eigenvalue weighted by Gasteiger charge is -2.12. The van der Waals surface area contributed by atoms with Crippen molar-refractivity contribution in [3.63, 3.8) is 0 Å². The van der Waals surface area contributed by atoms with Gasteiger partial charge in [-0.05, 0) is 32.6 Å². The highest BCUT2D eigenvalue weighted by Crippen LogP contribution is 2.20. The van der Waals surface area contributed by atoms with E-state index < -0.39 is 0 Å². The van der Waals surface area contributed by atoms with Gasteiger partial charge in [0.1, 0.15) is 11.4 Å². The molecule has 0 aromatic carbocycles. The third-order valence-electron chi connectivity index (χ3n) is 3.18. The van der Waals surface area contributed by atoms with Gasteiger partial charge in [-0.15, -0.1) is 0 Å². The summed E-state index contributed by atoms with van der Waals surface area (Å²) >= 11 is 0. The molecule has 2 aromatic heterocycles. The molecule has 2 aromatic rings. The van der Waals surface area contributed by atoms with E-state index >= 15 is 0 Å². The number of imidazole rings is 1. The van der Waals surface area contributed by atoms with Crippen LogP contribution in [0.2, 0.25) is 0 Å². The maximum Gasteiger partial charge on any atom is 0.127 e. The van der Waals surface area contributed by atoms with Gasteiger partial charge >= 0.3 is 0 Å². The summed E-state index contributed by atoms with van der Waals surface area (Å²) in [5, 5.41) is 7.69. The fraction of sp³-hybridized carbons (Fsp3) is 0.545. The standard InChI is InChI=1S/C11H14N4O/c1-8-10(14-16-13-8)6-15-7-12-9-4-2-3-5-11(9)15/h7H,2-6H2,1H3. The highest BCUT2D eigenvalue weighted by molar-refractivity contribution is 5.18. The summed E-state index contributed by atoms with van der Waals surface area (Å²) in [6.45, 7) is 2.63. The number of aryl methyl sites for hydroxylation is 2. The Balaban J connectivity index is 1.90. The van der Waals surface area contributed by atoms with Crippen LogP contribution in [0.15, 0.2) is 11.0 Å². The van der Waals surface area contributed by atoms with E-state index in [1.165, 1.54) is 24.2 Å². The number of rotatable bonds is 2. The Morgan fingerprint density at radius 3 is 3.00 bits per heavy atom. The Labute approximate surface area is 93.4 Å². The lowest BCUT2D eigenvalue weighted by molar-refractivity contribution is 0.300. The summed E-state index contributed by atoms with van der Waals surface area (Å²) in [5.41, 5.74) is 4.36. The molecular weight excluding hydrogens is 204 g/mol. The Bertz CT molecular complexity index is 500. The molecule has 0 N–H and O–H groups in total. The highest BCUT2D eigenvalue weighted by Gasteiger charge is 2.16. The van der Waals surface area contributed by atoms with Crippen molar-refractivity contribution >= 4 is 0 Å². The van der Waals surface area contributed by atoms with E-state index in [1.807, 2.05) is 13.3 Å². The zero-order chi connectivity index (χ0) is 11.0. The number of hydrogen-bond donors (Lipinski definition) is 0. The molecule has 0 bridgehead atoms. The molecule has 0 radical (unpaired) electrons. The molecule has 0 fully saturated rings. The van der Waals surface area contributed by atoms with Gasteiger partial charge in [0.2, 0.25) is 0 Å². The molecule has 3 rings (SSSR count). The zero-order valence-corrected chi connectivity index (χ0v) is 9.31. The molecule has 84 valence electrons. The molecule has 16 heavy (non-hydrogen) atoms.